The van der Waals surface area contributed by atoms with E-state index in [0.717, 1.165) is 54.9 Å². The van der Waals surface area contributed by atoms with Gasteiger partial charge in [0.05, 0.1) is 18.3 Å². The van der Waals surface area contributed by atoms with Crippen molar-refractivity contribution in [2.45, 2.75) is 64.1 Å². The van der Waals surface area contributed by atoms with Crippen molar-refractivity contribution in [3.8, 4) is 0 Å². The van der Waals surface area contributed by atoms with E-state index in [4.69, 9.17) is 4.42 Å². The number of carbonyl (C=O) groups excluding carboxylic acids is 1. The van der Waals surface area contributed by atoms with E-state index in [9.17, 15) is 4.79 Å². The highest BCUT2D eigenvalue weighted by Gasteiger charge is 2.38. The van der Waals surface area contributed by atoms with Crippen LogP contribution < -0.4 is 5.32 Å². The molecular weight excluding hydrogens is 316 g/mol. The summed E-state index contributed by atoms with van der Waals surface area (Å²) in [7, 11) is 0. The van der Waals surface area contributed by atoms with Crippen LogP contribution in [0.25, 0.3) is 0 Å². The summed E-state index contributed by atoms with van der Waals surface area (Å²) in [6, 6.07) is 4.00. The highest BCUT2D eigenvalue weighted by Crippen LogP contribution is 2.35. The van der Waals surface area contributed by atoms with Gasteiger partial charge in [0.1, 0.15) is 11.6 Å². The normalized spacial score (nSPS) is 20.6. The molecule has 0 bridgehead atoms. The zero-order valence-electron chi connectivity index (χ0n) is 14.7. The van der Waals surface area contributed by atoms with Gasteiger partial charge in [0.2, 0.25) is 0 Å². The number of hydrogen-bond donors (Lipinski definition) is 1. The van der Waals surface area contributed by atoms with E-state index in [2.05, 4.69) is 15.3 Å². The first-order valence-electron chi connectivity index (χ1n) is 9.08. The van der Waals surface area contributed by atoms with Gasteiger partial charge in [-0.15, -0.1) is 0 Å². The molecular formula is C19H24N4O2. The number of amides is 2. The molecule has 6 heteroatoms. The second kappa shape index (κ2) is 6.50. The molecule has 4 rings (SSSR count). The number of nitrogens with zero attached hydrogens (tertiary/aromatic N) is 3. The number of carbonyl (C=O) groups is 1. The molecule has 2 aliphatic rings. The van der Waals surface area contributed by atoms with Gasteiger partial charge in [0.25, 0.3) is 0 Å². The summed E-state index contributed by atoms with van der Waals surface area (Å²) in [6.45, 7) is 3.93. The molecule has 2 heterocycles. The molecule has 2 amide bonds. The minimum Gasteiger partial charge on any atom is -0.467 e. The second-order valence-electron chi connectivity index (χ2n) is 7.04. The van der Waals surface area contributed by atoms with Gasteiger partial charge >= 0.3 is 6.03 Å². The molecule has 1 fully saturated rings. The molecule has 2 aliphatic carbocycles. The lowest BCUT2D eigenvalue weighted by molar-refractivity contribution is 0.161. The molecule has 1 N–H and O–H groups in total. The average molecular weight is 340 g/mol. The first-order chi connectivity index (χ1) is 12.1. The maximum absolute atomic E-state index is 13.0. The number of aryl methyl sites for hydroxylation is 2. The van der Waals surface area contributed by atoms with Gasteiger partial charge in [-0.25, -0.2) is 14.8 Å². The van der Waals surface area contributed by atoms with E-state index in [1.54, 1.807) is 6.26 Å². The highest BCUT2D eigenvalue weighted by atomic mass is 16.3. The zero-order valence-corrected chi connectivity index (χ0v) is 14.7. The van der Waals surface area contributed by atoms with Crippen molar-refractivity contribution < 1.29 is 9.21 Å². The number of furan rings is 1. The molecule has 132 valence electrons. The lowest BCUT2D eigenvalue weighted by atomic mass is 9.92. The van der Waals surface area contributed by atoms with Gasteiger partial charge in [-0.1, -0.05) is 0 Å². The smallest absolute Gasteiger partial charge is 0.318 e. The maximum atomic E-state index is 13.0. The summed E-state index contributed by atoms with van der Waals surface area (Å²) < 4.78 is 5.52. The van der Waals surface area contributed by atoms with Crippen molar-refractivity contribution in [3.63, 3.8) is 0 Å². The van der Waals surface area contributed by atoms with Crippen LogP contribution in [0.4, 0.5) is 4.79 Å². The van der Waals surface area contributed by atoms with Crippen LogP contribution in [0.15, 0.2) is 29.0 Å². The van der Waals surface area contributed by atoms with Gasteiger partial charge in [0, 0.05) is 23.5 Å². The fourth-order valence-corrected chi connectivity index (χ4v) is 3.70. The molecule has 25 heavy (non-hydrogen) atoms. The monoisotopic (exact) mass is 340 g/mol. The van der Waals surface area contributed by atoms with Crippen LogP contribution in [0.1, 0.15) is 67.5 Å². The molecule has 0 spiro atoms. The molecule has 0 saturated heterocycles. The fraction of sp³-hybridized carbons (Fsp3) is 0.526. The Morgan fingerprint density at radius 1 is 1.40 bits per heavy atom. The molecule has 2 atom stereocenters. The molecule has 6 nitrogen and oxygen atoms in total. The second-order valence-corrected chi connectivity index (χ2v) is 7.04. The number of nitrogens with one attached hydrogen (secondary N) is 1. The molecule has 0 aliphatic heterocycles. The van der Waals surface area contributed by atoms with Crippen molar-refractivity contribution in [1.82, 2.24) is 20.2 Å². The Morgan fingerprint density at radius 3 is 2.96 bits per heavy atom. The van der Waals surface area contributed by atoms with E-state index in [1.165, 1.54) is 0 Å². The van der Waals surface area contributed by atoms with E-state index in [1.807, 2.05) is 37.1 Å². The summed E-state index contributed by atoms with van der Waals surface area (Å²) in [6.07, 6.45) is 8.57. The van der Waals surface area contributed by atoms with Crippen LogP contribution in [0.3, 0.4) is 0 Å². The van der Waals surface area contributed by atoms with E-state index < -0.39 is 0 Å². The van der Waals surface area contributed by atoms with E-state index in [-0.39, 0.29) is 18.1 Å². The Bertz CT molecular complexity index is 755. The van der Waals surface area contributed by atoms with Crippen LogP contribution in [0.2, 0.25) is 0 Å². The highest BCUT2D eigenvalue weighted by molar-refractivity contribution is 5.76. The third-order valence-electron chi connectivity index (χ3n) is 5.15. The average Bonchev–Trinajstić information content (AvgIpc) is 3.26. The Labute approximate surface area is 147 Å². The van der Waals surface area contributed by atoms with Gasteiger partial charge < -0.3 is 14.6 Å². The van der Waals surface area contributed by atoms with Crippen LogP contribution in [0.5, 0.6) is 0 Å². The minimum atomic E-state index is -0.0696. The van der Waals surface area contributed by atoms with Crippen LogP contribution in [0, 0.1) is 6.92 Å². The zero-order chi connectivity index (χ0) is 17.4. The molecule has 0 aromatic carbocycles. The SMILES string of the molecule is Cc1ncc2c(n1)CCCC2NC(=O)N(C1CC1)C(C)c1ccco1. The minimum absolute atomic E-state index is 0.0121. The maximum Gasteiger partial charge on any atom is 0.318 e. The number of rotatable bonds is 4. The summed E-state index contributed by atoms with van der Waals surface area (Å²) in [5.41, 5.74) is 2.13. The summed E-state index contributed by atoms with van der Waals surface area (Å²) in [4.78, 5) is 23.8. The van der Waals surface area contributed by atoms with Crippen molar-refractivity contribution in [2.24, 2.45) is 0 Å². The summed E-state index contributed by atoms with van der Waals surface area (Å²) in [5.74, 6) is 1.61. The molecule has 2 unspecified atom stereocenters. The quantitative estimate of drug-likeness (QED) is 0.921. The standard InChI is InChI=1S/C19H24N4O2/c1-12(18-7-4-10-25-18)23(14-8-9-14)19(24)22-17-6-3-5-16-15(17)11-20-13(2)21-16/h4,7,10-12,14,17H,3,5-6,8-9H2,1-2H3,(H,22,24). The van der Waals surface area contributed by atoms with Crippen molar-refractivity contribution in [2.75, 3.05) is 0 Å². The van der Waals surface area contributed by atoms with E-state index >= 15 is 0 Å². The lowest BCUT2D eigenvalue weighted by Gasteiger charge is -2.32. The first kappa shape index (κ1) is 16.1. The number of fused-ring (bicyclic) bond motifs is 1. The topological polar surface area (TPSA) is 71.3 Å². The van der Waals surface area contributed by atoms with E-state index in [0.29, 0.717) is 6.04 Å². The van der Waals surface area contributed by atoms with Gasteiger partial charge in [-0.2, -0.15) is 0 Å². The molecule has 2 aromatic heterocycles. The molecule has 2 aromatic rings. The number of aromatic nitrogens is 2. The van der Waals surface area contributed by atoms with Crippen LogP contribution in [-0.2, 0) is 6.42 Å². The summed E-state index contributed by atoms with van der Waals surface area (Å²) in [5, 5.41) is 3.22. The first-order valence-corrected chi connectivity index (χ1v) is 9.08. The number of urea groups is 1. The van der Waals surface area contributed by atoms with Gasteiger partial charge in [-0.3, -0.25) is 0 Å². The van der Waals surface area contributed by atoms with Gasteiger partial charge in [0.15, 0.2) is 0 Å². The number of hydrogen-bond acceptors (Lipinski definition) is 4. The van der Waals surface area contributed by atoms with Crippen LogP contribution >= 0.6 is 0 Å². The molecule has 0 radical (unpaired) electrons. The van der Waals surface area contributed by atoms with Crippen LogP contribution in [-0.4, -0.2) is 26.9 Å². The Kier molecular flexibility index (Phi) is 4.19. The third kappa shape index (κ3) is 3.25. The summed E-state index contributed by atoms with van der Waals surface area (Å²) >= 11 is 0. The van der Waals surface area contributed by atoms with Crippen molar-refractivity contribution in [1.29, 1.82) is 0 Å². The molecule has 1 saturated carbocycles. The Balaban J connectivity index is 1.53. The van der Waals surface area contributed by atoms with Crippen molar-refractivity contribution >= 4 is 6.03 Å². The predicted octanol–water partition coefficient (Wildman–Crippen LogP) is 3.69. The third-order valence-corrected chi connectivity index (χ3v) is 5.15. The van der Waals surface area contributed by atoms with Crippen molar-refractivity contribution in [3.05, 3.63) is 47.4 Å². The largest absolute Gasteiger partial charge is 0.467 e. The fourth-order valence-electron chi connectivity index (χ4n) is 3.70. The predicted molar refractivity (Wildman–Crippen MR) is 93.0 cm³/mol. The Hall–Kier alpha value is -2.37. The van der Waals surface area contributed by atoms with Gasteiger partial charge in [-0.05, 0) is 58.1 Å². The lowest BCUT2D eigenvalue weighted by Crippen LogP contribution is -2.44. The Morgan fingerprint density at radius 2 is 2.24 bits per heavy atom.